The molecule has 3 rings (SSSR count). The second kappa shape index (κ2) is 9.13. The molecule has 27 heavy (non-hydrogen) atoms. The summed E-state index contributed by atoms with van der Waals surface area (Å²) in [5.74, 6) is 0.0206. The van der Waals surface area contributed by atoms with Gasteiger partial charge in [0.15, 0.2) is 0 Å². The Bertz CT molecular complexity index is 723. The van der Waals surface area contributed by atoms with Crippen molar-refractivity contribution in [3.05, 3.63) is 71.8 Å². The molecule has 144 valence electrons. The quantitative estimate of drug-likeness (QED) is 0.696. The molecule has 1 heterocycles. The molecule has 2 aromatic rings. The molecule has 1 aliphatic rings. The highest BCUT2D eigenvalue weighted by Gasteiger charge is 2.42. The summed E-state index contributed by atoms with van der Waals surface area (Å²) in [5.41, 5.74) is 0.917. The van der Waals surface area contributed by atoms with Crippen molar-refractivity contribution >= 4 is 5.91 Å². The summed E-state index contributed by atoms with van der Waals surface area (Å²) < 4.78 is 0. The monoisotopic (exact) mass is 368 g/mol. The minimum atomic E-state index is -1.32. The first-order valence-corrected chi connectivity index (χ1v) is 9.54. The number of aryl methyl sites for hydroxylation is 1. The van der Waals surface area contributed by atoms with Crippen molar-refractivity contribution in [2.45, 2.75) is 37.5 Å². The predicted octanol–water partition coefficient (Wildman–Crippen LogP) is 1.73. The predicted molar refractivity (Wildman–Crippen MR) is 105 cm³/mol. The highest BCUT2D eigenvalue weighted by atomic mass is 16.3. The number of piperidine rings is 1. The molecule has 3 N–H and O–H groups in total. The van der Waals surface area contributed by atoms with Crippen LogP contribution >= 0.6 is 0 Å². The number of likely N-dealkylation sites (tertiary alicyclic amines) is 1. The lowest BCUT2D eigenvalue weighted by Gasteiger charge is -2.43. The van der Waals surface area contributed by atoms with E-state index in [4.69, 9.17) is 0 Å². The first kappa shape index (κ1) is 19.5. The van der Waals surface area contributed by atoms with E-state index >= 15 is 0 Å². The van der Waals surface area contributed by atoms with E-state index in [0.717, 1.165) is 11.1 Å². The zero-order valence-corrected chi connectivity index (χ0v) is 15.6. The van der Waals surface area contributed by atoms with Crippen LogP contribution in [0.4, 0.5) is 0 Å². The normalized spacial score (nSPS) is 22.6. The van der Waals surface area contributed by atoms with Gasteiger partial charge in [0.2, 0.25) is 5.91 Å². The topological polar surface area (TPSA) is 72.8 Å². The number of aliphatic hydroxyl groups excluding tert-OH is 1. The molecule has 0 spiro atoms. The molecule has 1 aliphatic heterocycles. The lowest BCUT2D eigenvalue weighted by atomic mass is 9.89. The van der Waals surface area contributed by atoms with Gasteiger partial charge in [0.25, 0.3) is 0 Å². The Hall–Kier alpha value is -2.21. The molecule has 1 fully saturated rings. The number of amides is 1. The lowest BCUT2D eigenvalue weighted by molar-refractivity contribution is -0.151. The van der Waals surface area contributed by atoms with Crippen molar-refractivity contribution in [1.82, 2.24) is 10.2 Å². The third-order valence-electron chi connectivity index (χ3n) is 5.18. The van der Waals surface area contributed by atoms with E-state index in [2.05, 4.69) is 5.32 Å². The van der Waals surface area contributed by atoms with Crippen LogP contribution in [0.3, 0.4) is 0 Å². The largest absolute Gasteiger partial charge is 0.390 e. The average molecular weight is 368 g/mol. The van der Waals surface area contributed by atoms with Crippen molar-refractivity contribution in [2.75, 3.05) is 19.6 Å². The second-order valence-electron chi connectivity index (χ2n) is 7.30. The maximum Gasteiger partial charge on any atom is 0.223 e. The summed E-state index contributed by atoms with van der Waals surface area (Å²) in [6.45, 7) is 1.49. The first-order chi connectivity index (χ1) is 13.1. The van der Waals surface area contributed by atoms with Crippen LogP contribution in [0.5, 0.6) is 0 Å². The summed E-state index contributed by atoms with van der Waals surface area (Å²) in [6, 6.07) is 19.8. The zero-order valence-electron chi connectivity index (χ0n) is 15.6. The minimum absolute atomic E-state index is 0.0206. The molecular weight excluding hydrogens is 340 g/mol. The number of carbonyl (C=O) groups is 1. The molecule has 0 aromatic heterocycles. The van der Waals surface area contributed by atoms with Gasteiger partial charge >= 0.3 is 0 Å². The Labute approximate surface area is 160 Å². The van der Waals surface area contributed by atoms with Gasteiger partial charge in [0.1, 0.15) is 5.60 Å². The van der Waals surface area contributed by atoms with Crippen LogP contribution in [0.25, 0.3) is 0 Å². The number of carbonyl (C=O) groups excluding carboxylic acids is 1. The molecule has 0 aliphatic carbocycles. The third-order valence-corrected chi connectivity index (χ3v) is 5.18. The number of nitrogens with one attached hydrogen (secondary N) is 1. The number of hydrogen-bond acceptors (Lipinski definition) is 4. The van der Waals surface area contributed by atoms with E-state index in [1.165, 1.54) is 0 Å². The fourth-order valence-corrected chi connectivity index (χ4v) is 3.52. The van der Waals surface area contributed by atoms with Crippen molar-refractivity contribution in [3.63, 3.8) is 0 Å². The van der Waals surface area contributed by atoms with Gasteiger partial charge in [-0.2, -0.15) is 0 Å². The highest BCUT2D eigenvalue weighted by Crippen LogP contribution is 2.22. The number of rotatable bonds is 7. The second-order valence-corrected chi connectivity index (χ2v) is 7.30. The summed E-state index contributed by atoms with van der Waals surface area (Å²) in [7, 11) is 0. The van der Waals surface area contributed by atoms with Gasteiger partial charge in [-0.3, -0.25) is 4.79 Å². The standard InChI is InChI=1S/C22H28N2O3/c25-20-13-14-24(21(26)12-11-18-7-3-1-4-8-18)17-22(20,27)16-23-15-19-9-5-2-6-10-19/h1-10,20,23,25,27H,11-17H2/t20-,22+/m0/s1. The van der Waals surface area contributed by atoms with Gasteiger partial charge in [-0.25, -0.2) is 0 Å². The Balaban J connectivity index is 1.52. The van der Waals surface area contributed by atoms with Crippen molar-refractivity contribution < 1.29 is 15.0 Å². The number of β-amino-alcohol motifs (C(OH)–C–C–N with tert-alkyl or cyclic N) is 1. The van der Waals surface area contributed by atoms with Crippen molar-refractivity contribution in [3.8, 4) is 0 Å². The summed E-state index contributed by atoms with van der Waals surface area (Å²) in [6.07, 6.45) is 0.649. The van der Waals surface area contributed by atoms with Crippen LogP contribution < -0.4 is 5.32 Å². The molecule has 0 unspecified atom stereocenters. The molecule has 2 atom stereocenters. The third kappa shape index (κ3) is 5.39. The Morgan fingerprint density at radius 1 is 1.07 bits per heavy atom. The van der Waals surface area contributed by atoms with Crippen molar-refractivity contribution in [1.29, 1.82) is 0 Å². The van der Waals surface area contributed by atoms with Gasteiger partial charge in [0.05, 0.1) is 12.6 Å². The van der Waals surface area contributed by atoms with Gasteiger partial charge in [-0.05, 0) is 24.0 Å². The molecule has 5 nitrogen and oxygen atoms in total. The van der Waals surface area contributed by atoms with Gasteiger partial charge < -0.3 is 20.4 Å². The molecule has 2 aromatic carbocycles. The molecule has 1 saturated heterocycles. The molecule has 1 amide bonds. The average Bonchev–Trinajstić information content (AvgIpc) is 2.70. The Kier molecular flexibility index (Phi) is 6.61. The van der Waals surface area contributed by atoms with Crippen LogP contribution in [0.15, 0.2) is 60.7 Å². The maximum absolute atomic E-state index is 12.6. The van der Waals surface area contributed by atoms with Crippen LogP contribution in [-0.2, 0) is 17.8 Å². The van der Waals surface area contributed by atoms with Gasteiger partial charge in [-0.1, -0.05) is 60.7 Å². The van der Waals surface area contributed by atoms with Crippen LogP contribution in [0.1, 0.15) is 24.0 Å². The highest BCUT2D eigenvalue weighted by molar-refractivity contribution is 5.76. The van der Waals surface area contributed by atoms with Gasteiger partial charge in [-0.15, -0.1) is 0 Å². The summed E-state index contributed by atoms with van der Waals surface area (Å²) >= 11 is 0. The lowest BCUT2D eigenvalue weighted by Crippen LogP contribution is -2.62. The Morgan fingerprint density at radius 3 is 2.37 bits per heavy atom. The van der Waals surface area contributed by atoms with Crippen LogP contribution in [0, 0.1) is 0 Å². The number of nitrogens with zero attached hydrogens (tertiary/aromatic N) is 1. The fraction of sp³-hybridized carbons (Fsp3) is 0.409. The van der Waals surface area contributed by atoms with E-state index in [1.54, 1.807) is 4.90 Å². The summed E-state index contributed by atoms with van der Waals surface area (Å²) in [5, 5.41) is 24.4. The SMILES string of the molecule is O=C(CCc1ccccc1)N1CC[C@H](O)[C@@](O)(CNCc2ccccc2)C1. The minimum Gasteiger partial charge on any atom is -0.390 e. The van der Waals surface area contributed by atoms with Crippen LogP contribution in [0.2, 0.25) is 0 Å². The van der Waals surface area contributed by atoms with E-state index in [1.807, 2.05) is 60.7 Å². The smallest absolute Gasteiger partial charge is 0.223 e. The first-order valence-electron chi connectivity index (χ1n) is 9.54. The molecule has 5 heteroatoms. The summed E-state index contributed by atoms with van der Waals surface area (Å²) in [4.78, 5) is 14.3. The number of aliphatic hydroxyl groups is 2. The fourth-order valence-electron chi connectivity index (χ4n) is 3.52. The van der Waals surface area contributed by atoms with E-state index in [-0.39, 0.29) is 19.0 Å². The van der Waals surface area contributed by atoms with E-state index in [9.17, 15) is 15.0 Å². The Morgan fingerprint density at radius 2 is 1.70 bits per heavy atom. The number of hydrogen-bond donors (Lipinski definition) is 3. The molecule has 0 radical (unpaired) electrons. The maximum atomic E-state index is 12.6. The number of benzene rings is 2. The van der Waals surface area contributed by atoms with E-state index in [0.29, 0.717) is 32.4 Å². The molecule has 0 saturated carbocycles. The van der Waals surface area contributed by atoms with E-state index < -0.39 is 11.7 Å². The van der Waals surface area contributed by atoms with Crippen molar-refractivity contribution in [2.24, 2.45) is 0 Å². The molecular formula is C22H28N2O3. The van der Waals surface area contributed by atoms with Crippen LogP contribution in [-0.4, -0.2) is 52.4 Å². The molecule has 0 bridgehead atoms. The zero-order chi connectivity index (χ0) is 19.1. The van der Waals surface area contributed by atoms with Gasteiger partial charge in [0, 0.05) is 26.1 Å².